The van der Waals surface area contributed by atoms with E-state index in [1.54, 1.807) is 0 Å². The molecule has 0 radical (unpaired) electrons. The highest BCUT2D eigenvalue weighted by Crippen LogP contribution is 2.24. The first-order valence-corrected chi connectivity index (χ1v) is 9.01. The number of hydrogen-bond acceptors (Lipinski definition) is 5. The van der Waals surface area contributed by atoms with Gasteiger partial charge >= 0.3 is 5.97 Å². The largest absolute Gasteiger partial charge is 0.493 e. The van der Waals surface area contributed by atoms with Crippen LogP contribution < -0.4 is 15.8 Å². The van der Waals surface area contributed by atoms with Gasteiger partial charge in [0.25, 0.3) is 0 Å². The number of rotatable bonds is 7. The van der Waals surface area contributed by atoms with Crippen LogP contribution in [-0.4, -0.2) is 37.5 Å². The summed E-state index contributed by atoms with van der Waals surface area (Å²) < 4.78 is 10.4. The summed E-state index contributed by atoms with van der Waals surface area (Å²) in [6, 6.07) is 14.8. The second-order valence-corrected chi connectivity index (χ2v) is 6.74. The lowest BCUT2D eigenvalue weighted by molar-refractivity contribution is -0.141. The van der Waals surface area contributed by atoms with E-state index in [2.05, 4.69) is 10.1 Å². The highest BCUT2D eigenvalue weighted by Gasteiger charge is 2.33. The number of esters is 1. The summed E-state index contributed by atoms with van der Waals surface area (Å²) in [6.45, 7) is 0.260. The second kappa shape index (κ2) is 9.93. The number of amidine groups is 1. The quantitative estimate of drug-likeness (QED) is 0.364. The Labute approximate surface area is 175 Å². The molecule has 29 heavy (non-hydrogen) atoms. The molecule has 2 atom stereocenters. The van der Waals surface area contributed by atoms with Crippen LogP contribution in [0.5, 0.6) is 5.75 Å². The molecule has 1 amide bonds. The van der Waals surface area contributed by atoms with Crippen LogP contribution in [0.3, 0.4) is 0 Å². The number of methoxy groups -OCH3 is 1. The van der Waals surface area contributed by atoms with Crippen molar-refractivity contribution in [3.63, 3.8) is 0 Å². The Balaban J connectivity index is 0.00000300. The molecule has 1 aliphatic heterocycles. The van der Waals surface area contributed by atoms with Crippen molar-refractivity contribution in [1.29, 1.82) is 5.41 Å². The van der Waals surface area contributed by atoms with Gasteiger partial charge < -0.3 is 20.5 Å². The molecule has 0 aromatic heterocycles. The minimum absolute atomic E-state index is 0. The summed E-state index contributed by atoms with van der Waals surface area (Å²) in [5.74, 6) is -0.00303. The van der Waals surface area contributed by atoms with E-state index >= 15 is 0 Å². The Hall–Kier alpha value is -3.06. The minimum Gasteiger partial charge on any atom is -0.493 e. The molecule has 1 heterocycles. The van der Waals surface area contributed by atoms with Crippen molar-refractivity contribution >= 4 is 30.1 Å². The Bertz CT molecular complexity index is 868. The Morgan fingerprint density at radius 3 is 2.28 bits per heavy atom. The average Bonchev–Trinajstić information content (AvgIpc) is 3.05. The van der Waals surface area contributed by atoms with Crippen LogP contribution in [0.15, 0.2) is 48.5 Å². The molecule has 2 aromatic carbocycles. The van der Waals surface area contributed by atoms with E-state index in [0.717, 1.165) is 11.1 Å². The van der Waals surface area contributed by atoms with Crippen molar-refractivity contribution in [3.8, 4) is 16.9 Å². The predicted molar refractivity (Wildman–Crippen MR) is 112 cm³/mol. The average molecular weight is 418 g/mol. The zero-order valence-corrected chi connectivity index (χ0v) is 16.8. The molecule has 2 aromatic rings. The summed E-state index contributed by atoms with van der Waals surface area (Å²) in [4.78, 5) is 23.4. The number of carbonyl (C=O) groups excluding carboxylic acids is 2. The van der Waals surface area contributed by atoms with Crippen molar-refractivity contribution < 1.29 is 19.1 Å². The lowest BCUT2D eigenvalue weighted by Crippen LogP contribution is -2.29. The van der Waals surface area contributed by atoms with Gasteiger partial charge in [-0.1, -0.05) is 36.4 Å². The number of benzene rings is 2. The van der Waals surface area contributed by atoms with Gasteiger partial charge in [-0.15, -0.1) is 12.4 Å². The number of amides is 1. The first kappa shape index (κ1) is 22.2. The summed E-state index contributed by atoms with van der Waals surface area (Å²) in [7, 11) is 1.33. The van der Waals surface area contributed by atoms with E-state index in [9.17, 15) is 9.59 Å². The molecule has 0 saturated carbocycles. The normalized spacial score (nSPS) is 17.8. The molecule has 3 rings (SSSR count). The molecule has 1 aliphatic rings. The van der Waals surface area contributed by atoms with Gasteiger partial charge in [0, 0.05) is 11.6 Å². The maximum atomic E-state index is 12.0. The van der Waals surface area contributed by atoms with Gasteiger partial charge in [-0.05, 0) is 29.7 Å². The maximum absolute atomic E-state index is 12.0. The van der Waals surface area contributed by atoms with E-state index in [-0.39, 0.29) is 55.1 Å². The third-order valence-corrected chi connectivity index (χ3v) is 4.76. The predicted octanol–water partition coefficient (Wildman–Crippen LogP) is 2.51. The van der Waals surface area contributed by atoms with Crippen LogP contribution in [0.2, 0.25) is 0 Å². The monoisotopic (exact) mass is 417 g/mol. The third-order valence-electron chi connectivity index (χ3n) is 4.76. The fraction of sp³-hybridized carbons (Fsp3) is 0.286. The number of ether oxygens (including phenoxy) is 2. The van der Waals surface area contributed by atoms with Crippen LogP contribution in [0, 0.1) is 11.3 Å². The van der Waals surface area contributed by atoms with E-state index in [0.29, 0.717) is 17.7 Å². The molecule has 154 valence electrons. The van der Waals surface area contributed by atoms with Crippen LogP contribution >= 0.6 is 12.4 Å². The Morgan fingerprint density at radius 2 is 1.72 bits per heavy atom. The first-order chi connectivity index (χ1) is 13.5. The molecule has 0 spiro atoms. The van der Waals surface area contributed by atoms with Crippen LogP contribution in [0.1, 0.15) is 18.4 Å². The van der Waals surface area contributed by atoms with Gasteiger partial charge in [0.15, 0.2) is 0 Å². The summed E-state index contributed by atoms with van der Waals surface area (Å²) in [6.07, 6.45) is 0.727. The molecule has 4 N–H and O–H groups in total. The minimum atomic E-state index is -0.334. The molecule has 1 fully saturated rings. The van der Waals surface area contributed by atoms with Crippen LogP contribution in [-0.2, 0) is 14.3 Å². The standard InChI is InChI=1S/C21H23N3O4.ClH/c1-27-19(25)11-17-10-16(21(26)24-17)12-28-18-8-6-14(7-9-18)13-2-4-15(5-3-13)20(22)23;/h2-9,16-17H,10-12H2,1H3,(H3,22,23)(H,24,26);1H/t16-,17-;/m0./s1. The lowest BCUT2D eigenvalue weighted by Gasteiger charge is -2.11. The van der Waals surface area contributed by atoms with Crippen LogP contribution in [0.25, 0.3) is 11.1 Å². The third kappa shape index (κ3) is 5.71. The number of hydrogen-bond donors (Lipinski definition) is 3. The molecule has 8 heteroatoms. The van der Waals surface area contributed by atoms with Crippen molar-refractivity contribution in [2.75, 3.05) is 13.7 Å². The molecular weight excluding hydrogens is 394 g/mol. The number of carbonyl (C=O) groups is 2. The zero-order chi connectivity index (χ0) is 20.1. The molecule has 0 bridgehead atoms. The Morgan fingerprint density at radius 1 is 1.14 bits per heavy atom. The van der Waals surface area contributed by atoms with Crippen molar-refractivity contribution in [3.05, 3.63) is 54.1 Å². The second-order valence-electron chi connectivity index (χ2n) is 6.74. The highest BCUT2D eigenvalue weighted by molar-refractivity contribution is 5.95. The highest BCUT2D eigenvalue weighted by atomic mass is 35.5. The first-order valence-electron chi connectivity index (χ1n) is 9.01. The summed E-state index contributed by atoms with van der Waals surface area (Å²) in [5, 5.41) is 10.2. The molecule has 0 unspecified atom stereocenters. The van der Waals surface area contributed by atoms with E-state index in [1.807, 2.05) is 48.5 Å². The zero-order valence-electron chi connectivity index (χ0n) is 16.0. The fourth-order valence-corrected chi connectivity index (χ4v) is 3.17. The number of nitrogen functional groups attached to an aromatic ring is 1. The summed E-state index contributed by atoms with van der Waals surface area (Å²) in [5.41, 5.74) is 8.18. The Kier molecular flexibility index (Phi) is 7.61. The molecule has 1 saturated heterocycles. The van der Waals surface area contributed by atoms with E-state index in [4.69, 9.17) is 15.9 Å². The lowest BCUT2D eigenvalue weighted by atomic mass is 10.0. The van der Waals surface area contributed by atoms with Gasteiger partial charge in [-0.3, -0.25) is 15.0 Å². The number of halogens is 1. The molecule has 0 aliphatic carbocycles. The van der Waals surface area contributed by atoms with Crippen molar-refractivity contribution in [2.24, 2.45) is 11.7 Å². The SMILES string of the molecule is COC(=O)C[C@@H]1C[C@@H](COc2ccc(-c3ccc(C(=N)N)cc3)cc2)C(=O)N1.Cl. The number of nitrogens with one attached hydrogen (secondary N) is 2. The smallest absolute Gasteiger partial charge is 0.307 e. The van der Waals surface area contributed by atoms with Gasteiger partial charge in [0.1, 0.15) is 11.6 Å². The van der Waals surface area contributed by atoms with E-state index < -0.39 is 0 Å². The fourth-order valence-electron chi connectivity index (χ4n) is 3.17. The maximum Gasteiger partial charge on any atom is 0.307 e. The van der Waals surface area contributed by atoms with Crippen LogP contribution in [0.4, 0.5) is 0 Å². The van der Waals surface area contributed by atoms with Crippen molar-refractivity contribution in [2.45, 2.75) is 18.9 Å². The van der Waals surface area contributed by atoms with Crippen molar-refractivity contribution in [1.82, 2.24) is 5.32 Å². The topological polar surface area (TPSA) is 114 Å². The van der Waals surface area contributed by atoms with Gasteiger partial charge in [-0.25, -0.2) is 0 Å². The van der Waals surface area contributed by atoms with Gasteiger partial charge in [0.05, 0.1) is 26.1 Å². The van der Waals surface area contributed by atoms with E-state index in [1.165, 1.54) is 7.11 Å². The van der Waals surface area contributed by atoms with Gasteiger partial charge in [0.2, 0.25) is 5.91 Å². The summed E-state index contributed by atoms with van der Waals surface area (Å²) >= 11 is 0. The molecular formula is C21H24ClN3O4. The number of nitrogens with two attached hydrogens (primary N) is 1. The van der Waals surface area contributed by atoms with Gasteiger partial charge in [-0.2, -0.15) is 0 Å². The molecule has 7 nitrogen and oxygen atoms in total.